The van der Waals surface area contributed by atoms with Gasteiger partial charge in [0.15, 0.2) is 5.84 Å². The van der Waals surface area contributed by atoms with E-state index in [4.69, 9.17) is 9.98 Å². The van der Waals surface area contributed by atoms with Crippen LogP contribution in [0, 0.1) is 0 Å². The van der Waals surface area contributed by atoms with E-state index in [2.05, 4.69) is 23.3 Å². The Labute approximate surface area is 168 Å². The number of nitrogens with zero attached hydrogens (tertiary/aromatic N) is 3. The number of nitrogens with two attached hydrogens (primary N) is 1. The van der Waals surface area contributed by atoms with Crippen LogP contribution < -0.4 is 5.73 Å². The highest BCUT2D eigenvalue weighted by atomic mass is 16.3. The molecule has 0 aromatic heterocycles. The second-order valence-corrected chi connectivity index (χ2v) is 6.89. The van der Waals surface area contributed by atoms with Crippen LogP contribution in [0.5, 0.6) is 5.75 Å². The van der Waals surface area contributed by atoms with Crippen molar-refractivity contribution in [3.63, 3.8) is 0 Å². The molecule has 28 heavy (non-hydrogen) atoms. The fraction of sp³-hybridized carbons (Fsp3) is 0.391. The smallest absolute Gasteiger partial charge is 0.165 e. The number of allylic oxidation sites excluding steroid dienone is 4. The Hall–Kier alpha value is -2.66. The summed E-state index contributed by atoms with van der Waals surface area (Å²) in [7, 11) is 1.50. The molecule has 3 N–H and O–H groups in total. The van der Waals surface area contributed by atoms with Crippen molar-refractivity contribution in [3.8, 4) is 5.75 Å². The van der Waals surface area contributed by atoms with E-state index in [1.165, 1.54) is 26.3 Å². The van der Waals surface area contributed by atoms with E-state index in [0.29, 0.717) is 11.4 Å². The van der Waals surface area contributed by atoms with Crippen molar-refractivity contribution in [1.29, 1.82) is 0 Å². The Morgan fingerprint density at radius 2 is 1.82 bits per heavy atom. The van der Waals surface area contributed by atoms with E-state index in [1.54, 1.807) is 6.07 Å². The molecule has 5 heteroatoms. The Kier molecular flexibility index (Phi) is 8.20. The lowest BCUT2D eigenvalue weighted by molar-refractivity contribution is 0.338. The summed E-state index contributed by atoms with van der Waals surface area (Å²) in [5.41, 5.74) is 8.12. The van der Waals surface area contributed by atoms with E-state index in [-0.39, 0.29) is 5.75 Å². The number of hydrogen-bond acceptors (Lipinski definition) is 5. The molecular formula is C23H32N4O. The van der Waals surface area contributed by atoms with Gasteiger partial charge in [-0.2, -0.15) is 0 Å². The molecule has 0 bridgehead atoms. The molecule has 150 valence electrons. The third-order valence-corrected chi connectivity index (χ3v) is 4.74. The summed E-state index contributed by atoms with van der Waals surface area (Å²) in [4.78, 5) is 12.1. The molecule has 1 fully saturated rings. The second-order valence-electron chi connectivity index (χ2n) is 6.89. The summed E-state index contributed by atoms with van der Waals surface area (Å²) >= 11 is 0. The molecule has 3 rings (SSSR count). The van der Waals surface area contributed by atoms with Gasteiger partial charge in [-0.15, -0.1) is 0 Å². The number of rotatable bonds is 2. The molecule has 0 atom stereocenters. The Morgan fingerprint density at radius 1 is 1.14 bits per heavy atom. The molecule has 1 saturated heterocycles. The summed E-state index contributed by atoms with van der Waals surface area (Å²) in [6, 6.07) is 7.26. The van der Waals surface area contributed by atoms with Crippen LogP contribution in [0.15, 0.2) is 69.8 Å². The average Bonchev–Trinajstić information content (AvgIpc) is 2.89. The van der Waals surface area contributed by atoms with Crippen LogP contribution in [0.2, 0.25) is 0 Å². The minimum atomic E-state index is 0.201. The fourth-order valence-electron chi connectivity index (χ4n) is 3.36. The van der Waals surface area contributed by atoms with Crippen LogP contribution in [0.4, 0.5) is 0 Å². The first-order valence-corrected chi connectivity index (χ1v) is 9.88. The predicted molar refractivity (Wildman–Crippen MR) is 119 cm³/mol. The molecule has 0 unspecified atom stereocenters. The summed E-state index contributed by atoms with van der Waals surface area (Å²) in [5.74, 6) is 1.80. The van der Waals surface area contributed by atoms with E-state index < -0.39 is 0 Å². The van der Waals surface area contributed by atoms with Gasteiger partial charge in [0.25, 0.3) is 0 Å². The average molecular weight is 381 g/mol. The highest BCUT2D eigenvalue weighted by Gasteiger charge is 2.22. The number of piperidine rings is 1. The number of phenolic OH excluding ortho intramolecular Hbond substituents is 1. The maximum atomic E-state index is 10.3. The number of aromatic hydroxyl groups is 1. The minimum absolute atomic E-state index is 0.201. The lowest BCUT2D eigenvalue weighted by Gasteiger charge is -2.30. The minimum Gasteiger partial charge on any atom is -0.507 e. The van der Waals surface area contributed by atoms with Gasteiger partial charge < -0.3 is 15.7 Å². The van der Waals surface area contributed by atoms with Gasteiger partial charge in [0.2, 0.25) is 0 Å². The van der Waals surface area contributed by atoms with Crippen LogP contribution in [0.25, 0.3) is 0 Å². The van der Waals surface area contributed by atoms with Crippen molar-refractivity contribution in [1.82, 2.24) is 4.90 Å². The van der Waals surface area contributed by atoms with Crippen molar-refractivity contribution >= 4 is 11.7 Å². The van der Waals surface area contributed by atoms with E-state index >= 15 is 0 Å². The zero-order valence-corrected chi connectivity index (χ0v) is 17.3. The molecule has 0 aliphatic carbocycles. The first-order chi connectivity index (χ1) is 13.6. The predicted octanol–water partition coefficient (Wildman–Crippen LogP) is 4.41. The van der Waals surface area contributed by atoms with E-state index in [9.17, 15) is 5.11 Å². The van der Waals surface area contributed by atoms with Gasteiger partial charge in [0.1, 0.15) is 11.6 Å². The standard InChI is InChI=1S/C22H27N3O.CH5N/c1-4-17-15-21(25-12-8-5-9-13-25)24-22(23-19(17)14-16(2)3)18-10-6-7-11-20(18)26;1-2/h4,6-7,10-11,14,26H,2,5,8-9,12-13,15H2,1,3H3;2H2,1H3/b17-4-,19-14+;. The third kappa shape index (κ3) is 5.42. The highest BCUT2D eigenvalue weighted by Crippen LogP contribution is 2.27. The van der Waals surface area contributed by atoms with Crippen LogP contribution in [0.3, 0.4) is 0 Å². The van der Waals surface area contributed by atoms with Crippen LogP contribution in [-0.4, -0.2) is 41.8 Å². The molecular weight excluding hydrogens is 348 g/mol. The molecule has 2 heterocycles. The number of para-hydroxylation sites is 1. The van der Waals surface area contributed by atoms with Gasteiger partial charge in [-0.25, -0.2) is 9.98 Å². The van der Waals surface area contributed by atoms with Crippen molar-refractivity contribution < 1.29 is 5.11 Å². The van der Waals surface area contributed by atoms with Crippen molar-refractivity contribution in [2.45, 2.75) is 39.5 Å². The normalized spacial score (nSPS) is 20.1. The number of phenols is 1. The number of amidine groups is 2. The Morgan fingerprint density at radius 3 is 2.43 bits per heavy atom. The lowest BCUT2D eigenvalue weighted by atomic mass is 10.0. The summed E-state index contributed by atoms with van der Waals surface area (Å²) in [6.07, 6.45) is 8.51. The first kappa shape index (κ1) is 21.6. The molecule has 0 saturated carbocycles. The summed E-state index contributed by atoms with van der Waals surface area (Å²) in [6.45, 7) is 10.1. The molecule has 5 nitrogen and oxygen atoms in total. The SMILES string of the molecule is C=C(C)/C=C1/N=C(c2ccccc2O)N=C(N2CCCCC2)C/C1=C/C.CN. The van der Waals surface area contributed by atoms with Crippen molar-refractivity contribution in [2.24, 2.45) is 15.7 Å². The van der Waals surface area contributed by atoms with Gasteiger partial charge in [-0.05, 0) is 63.9 Å². The summed E-state index contributed by atoms with van der Waals surface area (Å²) < 4.78 is 0. The first-order valence-electron chi connectivity index (χ1n) is 9.88. The third-order valence-electron chi connectivity index (χ3n) is 4.74. The number of hydrogen-bond donors (Lipinski definition) is 2. The van der Waals surface area contributed by atoms with Gasteiger partial charge in [0, 0.05) is 19.5 Å². The van der Waals surface area contributed by atoms with Crippen molar-refractivity contribution in [2.75, 3.05) is 20.1 Å². The monoisotopic (exact) mass is 380 g/mol. The quantitative estimate of drug-likeness (QED) is 0.798. The largest absolute Gasteiger partial charge is 0.507 e. The van der Waals surface area contributed by atoms with Gasteiger partial charge >= 0.3 is 0 Å². The maximum Gasteiger partial charge on any atom is 0.165 e. The van der Waals surface area contributed by atoms with Crippen LogP contribution in [0.1, 0.15) is 45.1 Å². The fourth-order valence-corrected chi connectivity index (χ4v) is 3.36. The Bertz CT molecular complexity index is 812. The Balaban J connectivity index is 0.00000136. The van der Waals surface area contributed by atoms with Crippen molar-refractivity contribution in [3.05, 3.63) is 65.4 Å². The molecule has 1 aromatic rings. The number of aliphatic imine (C=N–C) groups is 2. The van der Waals surface area contributed by atoms with Crippen LogP contribution >= 0.6 is 0 Å². The van der Waals surface area contributed by atoms with E-state index in [1.807, 2.05) is 38.1 Å². The van der Waals surface area contributed by atoms with Gasteiger partial charge in [-0.1, -0.05) is 30.4 Å². The molecule has 1 aromatic carbocycles. The second kappa shape index (κ2) is 10.6. The van der Waals surface area contributed by atoms with E-state index in [0.717, 1.165) is 42.2 Å². The highest BCUT2D eigenvalue weighted by molar-refractivity contribution is 6.10. The number of likely N-dealkylation sites (tertiary alicyclic amines) is 1. The molecule has 0 radical (unpaired) electrons. The molecule has 0 amide bonds. The number of benzene rings is 1. The van der Waals surface area contributed by atoms with Gasteiger partial charge in [0.05, 0.1) is 11.3 Å². The maximum absolute atomic E-state index is 10.3. The topological polar surface area (TPSA) is 74.2 Å². The van der Waals surface area contributed by atoms with Gasteiger partial charge in [-0.3, -0.25) is 0 Å². The zero-order valence-electron chi connectivity index (χ0n) is 17.3. The zero-order chi connectivity index (χ0) is 20.5. The molecule has 2 aliphatic rings. The molecule has 2 aliphatic heterocycles. The summed E-state index contributed by atoms with van der Waals surface area (Å²) in [5, 5.41) is 10.3. The van der Waals surface area contributed by atoms with Crippen LogP contribution in [-0.2, 0) is 0 Å². The molecule has 0 spiro atoms. The lowest BCUT2D eigenvalue weighted by Crippen LogP contribution is -2.36.